The van der Waals surface area contributed by atoms with Crippen molar-refractivity contribution >= 4 is 34.8 Å². The van der Waals surface area contributed by atoms with Gasteiger partial charge in [-0.2, -0.15) is 10.2 Å². The molecule has 9 heteroatoms. The first-order valence-electron chi connectivity index (χ1n) is 10.7. The highest BCUT2D eigenvalue weighted by atomic mass is 35.5. The maximum Gasteiger partial charge on any atom is 0.276 e. The molecule has 0 atom stereocenters. The molecule has 0 spiro atoms. The van der Waals surface area contributed by atoms with Crippen molar-refractivity contribution in [3.8, 4) is 5.75 Å². The smallest absolute Gasteiger partial charge is 0.276 e. The van der Waals surface area contributed by atoms with Gasteiger partial charge in [-0.3, -0.25) is 9.48 Å². The van der Waals surface area contributed by atoms with Gasteiger partial charge in [-0.05, 0) is 68.7 Å². The molecule has 0 aliphatic heterocycles. The predicted molar refractivity (Wildman–Crippen MR) is 134 cm³/mol. The second-order valence-corrected chi connectivity index (χ2v) is 9.02. The summed E-state index contributed by atoms with van der Waals surface area (Å²) in [5.74, 6) is 0.474. The van der Waals surface area contributed by atoms with Gasteiger partial charge in [-0.15, -0.1) is 0 Å². The molecular formula is C25H25Cl2N5O2. The summed E-state index contributed by atoms with van der Waals surface area (Å²) in [5.41, 5.74) is 5.50. The van der Waals surface area contributed by atoms with E-state index >= 15 is 0 Å². The molecule has 176 valence electrons. The lowest BCUT2D eigenvalue weighted by atomic mass is 10.1. The average molecular weight is 498 g/mol. The number of nitrogens with one attached hydrogen (secondary N) is 1. The van der Waals surface area contributed by atoms with E-state index in [1.54, 1.807) is 33.8 Å². The minimum absolute atomic E-state index is 0.204. The van der Waals surface area contributed by atoms with Crippen LogP contribution in [0.15, 0.2) is 48.7 Å². The van der Waals surface area contributed by atoms with Gasteiger partial charge < -0.3 is 10.1 Å². The number of hydrogen-bond donors (Lipinski definition) is 1. The Morgan fingerprint density at radius 1 is 1.03 bits per heavy atom. The highest BCUT2D eigenvalue weighted by Gasteiger charge is 2.18. The fourth-order valence-electron chi connectivity index (χ4n) is 3.57. The van der Waals surface area contributed by atoms with Crippen molar-refractivity contribution in [1.29, 1.82) is 0 Å². The van der Waals surface area contributed by atoms with Crippen molar-refractivity contribution in [2.45, 2.75) is 41.0 Å². The highest BCUT2D eigenvalue weighted by molar-refractivity contribution is 6.35. The molecule has 2 aromatic heterocycles. The van der Waals surface area contributed by atoms with Gasteiger partial charge >= 0.3 is 0 Å². The van der Waals surface area contributed by atoms with Crippen LogP contribution >= 0.6 is 23.2 Å². The third kappa shape index (κ3) is 5.26. The van der Waals surface area contributed by atoms with E-state index in [0.29, 0.717) is 28.0 Å². The van der Waals surface area contributed by atoms with Crippen LogP contribution in [0.5, 0.6) is 5.75 Å². The Morgan fingerprint density at radius 3 is 2.59 bits per heavy atom. The van der Waals surface area contributed by atoms with Gasteiger partial charge in [0.2, 0.25) is 0 Å². The molecule has 0 aliphatic rings. The summed E-state index contributed by atoms with van der Waals surface area (Å²) < 4.78 is 9.25. The lowest BCUT2D eigenvalue weighted by molar-refractivity contribution is 0.102. The number of ether oxygens (including phenoxy) is 1. The van der Waals surface area contributed by atoms with Gasteiger partial charge in [0.1, 0.15) is 5.75 Å². The fourth-order valence-corrected chi connectivity index (χ4v) is 4.04. The standard InChI is InChI=1S/C25H25Cl2N5O2/c1-15-5-6-16(2)23(11-15)34-14-31-10-9-22(30-31)25(33)28-24-17(3)29-32(18(24)4)13-19-7-8-20(26)12-21(19)27/h5-12H,13-14H2,1-4H3,(H,28,33). The second kappa shape index (κ2) is 9.91. The maximum atomic E-state index is 12.9. The van der Waals surface area contributed by atoms with Crippen molar-refractivity contribution in [1.82, 2.24) is 19.6 Å². The molecule has 0 radical (unpaired) electrons. The topological polar surface area (TPSA) is 74.0 Å². The number of hydrogen-bond acceptors (Lipinski definition) is 4. The number of aromatic nitrogens is 4. The van der Waals surface area contributed by atoms with Crippen molar-refractivity contribution in [3.63, 3.8) is 0 Å². The van der Waals surface area contributed by atoms with E-state index in [9.17, 15) is 4.79 Å². The van der Waals surface area contributed by atoms with Crippen LogP contribution in [-0.4, -0.2) is 25.5 Å². The molecule has 34 heavy (non-hydrogen) atoms. The summed E-state index contributed by atoms with van der Waals surface area (Å²) in [6.07, 6.45) is 1.71. The maximum absolute atomic E-state index is 12.9. The number of nitrogens with zero attached hydrogens (tertiary/aromatic N) is 4. The highest BCUT2D eigenvalue weighted by Crippen LogP contribution is 2.25. The summed E-state index contributed by atoms with van der Waals surface area (Å²) >= 11 is 12.3. The van der Waals surface area contributed by atoms with E-state index in [0.717, 1.165) is 28.1 Å². The Bertz CT molecular complexity index is 1360. The molecule has 0 saturated carbocycles. The molecule has 2 heterocycles. The van der Waals surface area contributed by atoms with Crippen molar-refractivity contribution in [2.24, 2.45) is 0 Å². The largest absolute Gasteiger partial charge is 0.471 e. The van der Waals surface area contributed by atoms with E-state index < -0.39 is 0 Å². The van der Waals surface area contributed by atoms with E-state index in [2.05, 4.69) is 15.5 Å². The van der Waals surface area contributed by atoms with Crippen LogP contribution in [0.2, 0.25) is 10.0 Å². The first-order valence-corrected chi connectivity index (χ1v) is 11.5. The zero-order chi connectivity index (χ0) is 24.4. The summed E-state index contributed by atoms with van der Waals surface area (Å²) in [6.45, 7) is 8.41. The number of carbonyl (C=O) groups is 1. The zero-order valence-electron chi connectivity index (χ0n) is 19.4. The van der Waals surface area contributed by atoms with Crippen LogP contribution in [0.1, 0.15) is 38.6 Å². The Kier molecular flexibility index (Phi) is 6.95. The summed E-state index contributed by atoms with van der Waals surface area (Å²) in [5, 5.41) is 13.0. The lowest BCUT2D eigenvalue weighted by Gasteiger charge is -2.10. The minimum Gasteiger partial charge on any atom is -0.471 e. The summed E-state index contributed by atoms with van der Waals surface area (Å²) in [6, 6.07) is 13.0. The van der Waals surface area contributed by atoms with Crippen LogP contribution in [0.3, 0.4) is 0 Å². The molecule has 0 bridgehead atoms. The number of anilines is 1. The molecule has 1 N–H and O–H groups in total. The van der Waals surface area contributed by atoms with Gasteiger partial charge in [0, 0.05) is 16.2 Å². The Balaban J connectivity index is 1.44. The van der Waals surface area contributed by atoms with Gasteiger partial charge in [0.05, 0.1) is 23.6 Å². The van der Waals surface area contributed by atoms with E-state index in [1.165, 1.54) is 0 Å². The zero-order valence-corrected chi connectivity index (χ0v) is 20.9. The van der Waals surface area contributed by atoms with Crippen LogP contribution in [0, 0.1) is 27.7 Å². The molecule has 0 saturated heterocycles. The van der Waals surface area contributed by atoms with Gasteiger partial charge in [0.25, 0.3) is 5.91 Å². The summed E-state index contributed by atoms with van der Waals surface area (Å²) in [4.78, 5) is 12.9. The molecule has 0 aliphatic carbocycles. The molecule has 0 fully saturated rings. The van der Waals surface area contributed by atoms with Gasteiger partial charge in [-0.1, -0.05) is 41.4 Å². The third-order valence-corrected chi connectivity index (χ3v) is 6.11. The van der Waals surface area contributed by atoms with Crippen molar-refractivity contribution in [3.05, 3.63) is 92.5 Å². The number of aryl methyl sites for hydroxylation is 3. The molecular weight excluding hydrogens is 473 g/mol. The van der Waals surface area contributed by atoms with Crippen LogP contribution in [-0.2, 0) is 13.3 Å². The minimum atomic E-state index is -0.319. The van der Waals surface area contributed by atoms with Crippen LogP contribution < -0.4 is 10.1 Å². The lowest BCUT2D eigenvalue weighted by Crippen LogP contribution is -2.15. The number of benzene rings is 2. The Hall–Kier alpha value is -3.29. The van der Waals surface area contributed by atoms with Gasteiger partial charge in [-0.25, -0.2) is 4.68 Å². The van der Waals surface area contributed by atoms with Gasteiger partial charge in [0.15, 0.2) is 12.4 Å². The van der Waals surface area contributed by atoms with E-state index in [1.807, 2.05) is 52.0 Å². The monoisotopic (exact) mass is 497 g/mol. The van der Waals surface area contributed by atoms with Crippen molar-refractivity contribution < 1.29 is 9.53 Å². The third-order valence-electron chi connectivity index (χ3n) is 5.52. The van der Waals surface area contributed by atoms with E-state index in [-0.39, 0.29) is 18.3 Å². The normalized spacial score (nSPS) is 11.0. The fraction of sp³-hybridized carbons (Fsp3) is 0.240. The van der Waals surface area contributed by atoms with Crippen LogP contribution in [0.25, 0.3) is 0 Å². The molecule has 2 aromatic carbocycles. The average Bonchev–Trinajstić information content (AvgIpc) is 3.37. The number of rotatable bonds is 7. The quantitative estimate of drug-likeness (QED) is 0.341. The summed E-state index contributed by atoms with van der Waals surface area (Å²) in [7, 11) is 0. The molecule has 4 rings (SSSR count). The predicted octanol–water partition coefficient (Wildman–Crippen LogP) is 5.96. The first kappa shape index (κ1) is 23.9. The Labute approximate surface area is 208 Å². The molecule has 7 nitrogen and oxygen atoms in total. The van der Waals surface area contributed by atoms with E-state index in [4.69, 9.17) is 27.9 Å². The SMILES string of the molecule is Cc1ccc(C)c(OCn2ccc(C(=O)Nc3c(C)nn(Cc4ccc(Cl)cc4Cl)c3C)n2)c1. The first-order chi connectivity index (χ1) is 16.2. The molecule has 4 aromatic rings. The number of halogens is 2. The number of carbonyl (C=O) groups excluding carboxylic acids is 1. The van der Waals surface area contributed by atoms with Crippen molar-refractivity contribution in [2.75, 3.05) is 5.32 Å². The van der Waals surface area contributed by atoms with Crippen LogP contribution in [0.4, 0.5) is 5.69 Å². The number of amides is 1. The molecule has 1 amide bonds. The Morgan fingerprint density at radius 2 is 1.82 bits per heavy atom. The molecule has 0 unspecified atom stereocenters. The second-order valence-electron chi connectivity index (χ2n) is 8.18.